The molecule has 0 aliphatic carbocycles. The average Bonchev–Trinajstić information content (AvgIpc) is 2.95. The van der Waals surface area contributed by atoms with Crippen molar-refractivity contribution in [2.75, 3.05) is 7.11 Å². The second-order valence-electron chi connectivity index (χ2n) is 5.42. The molecule has 0 fully saturated rings. The molecule has 1 heterocycles. The van der Waals surface area contributed by atoms with E-state index in [0.717, 1.165) is 28.0 Å². The smallest absolute Gasteiger partial charge is 0.191 e. The zero-order valence-electron chi connectivity index (χ0n) is 13.8. The number of thioether (sulfide) groups is 1. The van der Waals surface area contributed by atoms with Crippen LogP contribution in [0.4, 0.5) is 0 Å². The molecule has 0 radical (unpaired) electrons. The highest BCUT2D eigenvalue weighted by molar-refractivity contribution is 7.98. The average molecular weight is 360 g/mol. The number of aromatic nitrogens is 3. The topological polar surface area (TPSA) is 39.9 Å². The molecule has 0 aliphatic heterocycles. The van der Waals surface area contributed by atoms with E-state index in [0.29, 0.717) is 5.02 Å². The molecular weight excluding hydrogens is 342 g/mol. The van der Waals surface area contributed by atoms with Gasteiger partial charge in [-0.25, -0.2) is 0 Å². The Labute approximate surface area is 150 Å². The Balaban J connectivity index is 1.87. The highest BCUT2D eigenvalue weighted by atomic mass is 35.5. The first-order chi connectivity index (χ1) is 11.6. The number of hydrogen-bond acceptors (Lipinski definition) is 4. The maximum atomic E-state index is 6.12. The first kappa shape index (κ1) is 16.9. The number of ether oxygens (including phenoxy) is 1. The van der Waals surface area contributed by atoms with Crippen molar-refractivity contribution in [3.05, 3.63) is 58.6 Å². The lowest BCUT2D eigenvalue weighted by molar-refractivity contribution is 0.416. The van der Waals surface area contributed by atoms with Gasteiger partial charge in [-0.05, 0) is 36.2 Å². The van der Waals surface area contributed by atoms with Crippen molar-refractivity contribution in [3.63, 3.8) is 0 Å². The summed E-state index contributed by atoms with van der Waals surface area (Å²) < 4.78 is 7.39. The van der Waals surface area contributed by atoms with Gasteiger partial charge in [-0.2, -0.15) is 0 Å². The van der Waals surface area contributed by atoms with Crippen LogP contribution >= 0.6 is 23.4 Å². The molecule has 0 N–H and O–H groups in total. The summed E-state index contributed by atoms with van der Waals surface area (Å²) in [6.45, 7) is 2.12. The van der Waals surface area contributed by atoms with Crippen LogP contribution in [-0.2, 0) is 12.8 Å². The Hall–Kier alpha value is -1.98. The molecular formula is C18H18ClN3OS. The van der Waals surface area contributed by atoms with E-state index in [-0.39, 0.29) is 0 Å². The third-order valence-electron chi connectivity index (χ3n) is 3.86. The van der Waals surface area contributed by atoms with Crippen LogP contribution in [0.15, 0.2) is 47.6 Å². The van der Waals surface area contributed by atoms with Crippen LogP contribution in [0, 0.1) is 6.92 Å². The molecule has 0 bridgehead atoms. The molecule has 2 aromatic carbocycles. The van der Waals surface area contributed by atoms with E-state index < -0.39 is 0 Å². The second-order valence-corrected chi connectivity index (χ2v) is 6.80. The van der Waals surface area contributed by atoms with Crippen molar-refractivity contribution < 1.29 is 4.74 Å². The largest absolute Gasteiger partial charge is 0.496 e. The molecule has 0 atom stereocenters. The van der Waals surface area contributed by atoms with Gasteiger partial charge in [0.2, 0.25) is 0 Å². The second kappa shape index (κ2) is 7.28. The Kier molecular flexibility index (Phi) is 5.11. The molecule has 0 unspecified atom stereocenters. The summed E-state index contributed by atoms with van der Waals surface area (Å²) >= 11 is 7.79. The monoisotopic (exact) mass is 359 g/mol. The zero-order chi connectivity index (χ0) is 17.1. The Morgan fingerprint density at radius 3 is 2.71 bits per heavy atom. The highest BCUT2D eigenvalue weighted by Gasteiger charge is 2.16. The maximum Gasteiger partial charge on any atom is 0.191 e. The van der Waals surface area contributed by atoms with E-state index >= 15 is 0 Å². The predicted octanol–water partition coefficient (Wildman–Crippen LogP) is 4.74. The molecule has 0 saturated carbocycles. The summed E-state index contributed by atoms with van der Waals surface area (Å²) in [4.78, 5) is 0. The van der Waals surface area contributed by atoms with Crippen molar-refractivity contribution in [1.82, 2.24) is 14.8 Å². The SMILES string of the molecule is COc1ccc(Cl)cc1-c1nnc(SCc2ccccc2C)n1C. The van der Waals surface area contributed by atoms with Crippen molar-refractivity contribution >= 4 is 23.4 Å². The van der Waals surface area contributed by atoms with Crippen LogP contribution in [-0.4, -0.2) is 21.9 Å². The third-order valence-corrected chi connectivity index (χ3v) is 5.16. The zero-order valence-corrected chi connectivity index (χ0v) is 15.4. The third kappa shape index (κ3) is 3.42. The Morgan fingerprint density at radius 2 is 1.96 bits per heavy atom. The van der Waals surface area contributed by atoms with Crippen molar-refractivity contribution in [2.24, 2.45) is 7.05 Å². The number of methoxy groups -OCH3 is 1. The molecule has 4 nitrogen and oxygen atoms in total. The minimum absolute atomic E-state index is 0.642. The molecule has 0 spiro atoms. The van der Waals surface area contributed by atoms with Crippen molar-refractivity contribution in [3.8, 4) is 17.1 Å². The summed E-state index contributed by atoms with van der Waals surface area (Å²) in [5, 5.41) is 10.1. The van der Waals surface area contributed by atoms with E-state index in [1.54, 1.807) is 24.9 Å². The molecule has 0 saturated heterocycles. The number of halogens is 1. The summed E-state index contributed by atoms with van der Waals surface area (Å²) in [5.41, 5.74) is 3.42. The summed E-state index contributed by atoms with van der Waals surface area (Å²) in [5.74, 6) is 2.32. The highest BCUT2D eigenvalue weighted by Crippen LogP contribution is 2.33. The van der Waals surface area contributed by atoms with Gasteiger partial charge in [-0.3, -0.25) is 0 Å². The number of hydrogen-bond donors (Lipinski definition) is 0. The van der Waals surface area contributed by atoms with E-state index in [4.69, 9.17) is 16.3 Å². The number of nitrogens with zero attached hydrogens (tertiary/aromatic N) is 3. The van der Waals surface area contributed by atoms with Gasteiger partial charge in [0.1, 0.15) is 5.75 Å². The molecule has 1 aromatic heterocycles. The molecule has 0 aliphatic rings. The summed E-state index contributed by atoms with van der Waals surface area (Å²) in [7, 11) is 3.59. The van der Waals surface area contributed by atoms with Gasteiger partial charge < -0.3 is 9.30 Å². The van der Waals surface area contributed by atoms with Crippen LogP contribution in [0.2, 0.25) is 5.02 Å². The fraction of sp³-hybridized carbons (Fsp3) is 0.222. The van der Waals surface area contributed by atoms with E-state index in [2.05, 4.69) is 41.4 Å². The molecule has 0 amide bonds. The first-order valence-corrected chi connectivity index (χ1v) is 8.87. The van der Waals surface area contributed by atoms with Gasteiger partial charge >= 0.3 is 0 Å². The van der Waals surface area contributed by atoms with Gasteiger partial charge in [0.25, 0.3) is 0 Å². The van der Waals surface area contributed by atoms with Crippen LogP contribution < -0.4 is 4.74 Å². The Bertz CT molecular complexity index is 863. The summed E-state index contributed by atoms with van der Waals surface area (Å²) in [6.07, 6.45) is 0. The fourth-order valence-corrected chi connectivity index (χ4v) is 3.60. The molecule has 124 valence electrons. The van der Waals surface area contributed by atoms with Crippen molar-refractivity contribution in [2.45, 2.75) is 17.8 Å². The van der Waals surface area contributed by atoms with E-state index in [9.17, 15) is 0 Å². The maximum absolute atomic E-state index is 6.12. The van der Waals surface area contributed by atoms with Crippen LogP contribution in [0.25, 0.3) is 11.4 Å². The molecule has 3 rings (SSSR count). The fourth-order valence-electron chi connectivity index (χ4n) is 2.44. The molecule has 6 heteroatoms. The summed E-state index contributed by atoms with van der Waals surface area (Å²) in [6, 6.07) is 13.9. The lowest BCUT2D eigenvalue weighted by Gasteiger charge is -2.09. The van der Waals surface area contributed by atoms with Crippen molar-refractivity contribution in [1.29, 1.82) is 0 Å². The predicted molar refractivity (Wildman–Crippen MR) is 98.7 cm³/mol. The van der Waals surface area contributed by atoms with Gasteiger partial charge in [0, 0.05) is 17.8 Å². The van der Waals surface area contributed by atoms with Gasteiger partial charge in [-0.1, -0.05) is 47.6 Å². The molecule has 24 heavy (non-hydrogen) atoms. The van der Waals surface area contributed by atoms with Crippen LogP contribution in [0.1, 0.15) is 11.1 Å². The lowest BCUT2D eigenvalue weighted by Crippen LogP contribution is -1.97. The lowest BCUT2D eigenvalue weighted by atomic mass is 10.1. The quantitative estimate of drug-likeness (QED) is 0.616. The normalized spacial score (nSPS) is 10.8. The standard InChI is InChI=1S/C18H18ClN3OS/c1-12-6-4-5-7-13(12)11-24-18-21-20-17(22(18)2)15-10-14(19)8-9-16(15)23-3/h4-10H,11H2,1-3H3. The number of aryl methyl sites for hydroxylation is 1. The van der Waals surface area contributed by atoms with Crippen LogP contribution in [0.5, 0.6) is 5.75 Å². The van der Waals surface area contributed by atoms with E-state index in [1.165, 1.54) is 11.1 Å². The number of benzene rings is 2. The van der Waals surface area contributed by atoms with Gasteiger partial charge in [0.05, 0.1) is 12.7 Å². The number of rotatable bonds is 5. The van der Waals surface area contributed by atoms with E-state index in [1.807, 2.05) is 23.7 Å². The van der Waals surface area contributed by atoms with Gasteiger partial charge in [0.15, 0.2) is 11.0 Å². The molecule has 3 aromatic rings. The van der Waals surface area contributed by atoms with Crippen LogP contribution in [0.3, 0.4) is 0 Å². The minimum atomic E-state index is 0.642. The Morgan fingerprint density at radius 1 is 1.17 bits per heavy atom. The minimum Gasteiger partial charge on any atom is -0.496 e. The first-order valence-electron chi connectivity index (χ1n) is 7.50. The van der Waals surface area contributed by atoms with Gasteiger partial charge in [-0.15, -0.1) is 10.2 Å².